The maximum atomic E-state index is 5.79. The second-order valence-corrected chi connectivity index (χ2v) is 5.49. The van der Waals surface area contributed by atoms with Gasteiger partial charge in [-0.3, -0.25) is 4.90 Å². The van der Waals surface area contributed by atoms with Crippen molar-refractivity contribution in [1.29, 1.82) is 0 Å². The van der Waals surface area contributed by atoms with Crippen molar-refractivity contribution in [3.63, 3.8) is 0 Å². The van der Waals surface area contributed by atoms with Crippen LogP contribution >= 0.6 is 0 Å². The van der Waals surface area contributed by atoms with Gasteiger partial charge in [0.25, 0.3) is 0 Å². The molecule has 1 aromatic rings. The minimum Gasteiger partial charge on any atom is -0.496 e. The van der Waals surface area contributed by atoms with Crippen molar-refractivity contribution in [1.82, 2.24) is 4.90 Å². The first kappa shape index (κ1) is 14.3. The first-order valence-corrected chi connectivity index (χ1v) is 7.69. The molecule has 0 saturated carbocycles. The van der Waals surface area contributed by atoms with Gasteiger partial charge in [0.15, 0.2) is 11.5 Å². The number of hydrogen-bond donors (Lipinski definition) is 0. The molecule has 1 aromatic carbocycles. The Bertz CT molecular complexity index is 527. The van der Waals surface area contributed by atoms with Crippen LogP contribution in [0.15, 0.2) is 24.3 Å². The fourth-order valence-electron chi connectivity index (χ4n) is 2.95. The second kappa shape index (κ2) is 6.39. The minimum atomic E-state index is 0.519. The molecule has 0 bridgehead atoms. The number of ether oxygens (including phenoxy) is 3. The number of methoxy groups -OCH3 is 1. The van der Waals surface area contributed by atoms with E-state index in [1.54, 1.807) is 7.11 Å². The van der Waals surface area contributed by atoms with E-state index in [-0.39, 0.29) is 0 Å². The Kier molecular flexibility index (Phi) is 4.34. The molecule has 3 rings (SSSR count). The summed E-state index contributed by atoms with van der Waals surface area (Å²) in [6.45, 7) is 5.49. The molecule has 0 saturated heterocycles. The van der Waals surface area contributed by atoms with Crippen LogP contribution in [0.4, 0.5) is 0 Å². The number of nitrogens with zero attached hydrogens (tertiary/aromatic N) is 1. The van der Waals surface area contributed by atoms with Crippen LogP contribution in [0.3, 0.4) is 0 Å². The average Bonchev–Trinajstić information content (AvgIpc) is 2.83. The molecule has 0 N–H and O–H groups in total. The minimum absolute atomic E-state index is 0.519. The highest BCUT2D eigenvalue weighted by atomic mass is 16.5. The molecular formula is C17H23NO3. The van der Waals surface area contributed by atoms with E-state index in [1.165, 1.54) is 0 Å². The summed E-state index contributed by atoms with van der Waals surface area (Å²) in [4.78, 5) is 2.45. The van der Waals surface area contributed by atoms with Gasteiger partial charge < -0.3 is 14.2 Å². The summed E-state index contributed by atoms with van der Waals surface area (Å²) in [6, 6.07) is 4.55. The SMILES string of the molecule is CCC1C=CCN1Cc1cc2c(cc1OC)OCCCO2. The van der Waals surface area contributed by atoms with E-state index in [1.807, 2.05) is 6.07 Å². The molecule has 1 unspecified atom stereocenters. The van der Waals surface area contributed by atoms with Crippen molar-refractivity contribution in [3.05, 3.63) is 29.8 Å². The number of fused-ring (bicyclic) bond motifs is 1. The first-order chi connectivity index (χ1) is 10.3. The molecular weight excluding hydrogens is 266 g/mol. The summed E-state index contributed by atoms with van der Waals surface area (Å²) < 4.78 is 17.1. The number of hydrogen-bond acceptors (Lipinski definition) is 4. The first-order valence-electron chi connectivity index (χ1n) is 7.69. The third kappa shape index (κ3) is 3.00. The lowest BCUT2D eigenvalue weighted by atomic mass is 10.1. The van der Waals surface area contributed by atoms with Crippen molar-refractivity contribution in [2.75, 3.05) is 26.9 Å². The van der Waals surface area contributed by atoms with Gasteiger partial charge in [-0.2, -0.15) is 0 Å². The van der Waals surface area contributed by atoms with E-state index in [0.29, 0.717) is 19.3 Å². The van der Waals surface area contributed by atoms with Crippen LogP contribution in [0, 0.1) is 0 Å². The van der Waals surface area contributed by atoms with Gasteiger partial charge in [-0.05, 0) is 12.5 Å². The fourth-order valence-corrected chi connectivity index (χ4v) is 2.95. The highest BCUT2D eigenvalue weighted by Crippen LogP contribution is 2.37. The Hall–Kier alpha value is -1.68. The molecule has 1 atom stereocenters. The van der Waals surface area contributed by atoms with Gasteiger partial charge in [0.1, 0.15) is 5.75 Å². The highest BCUT2D eigenvalue weighted by Gasteiger charge is 2.21. The van der Waals surface area contributed by atoms with Crippen molar-refractivity contribution < 1.29 is 14.2 Å². The summed E-state index contributed by atoms with van der Waals surface area (Å²) in [5.41, 5.74) is 1.16. The van der Waals surface area contributed by atoms with Crippen LogP contribution < -0.4 is 14.2 Å². The Balaban J connectivity index is 1.85. The molecule has 0 radical (unpaired) electrons. The van der Waals surface area contributed by atoms with Gasteiger partial charge in [0.05, 0.1) is 20.3 Å². The molecule has 21 heavy (non-hydrogen) atoms. The van der Waals surface area contributed by atoms with Crippen LogP contribution in [0.25, 0.3) is 0 Å². The quantitative estimate of drug-likeness (QED) is 0.797. The van der Waals surface area contributed by atoms with Gasteiger partial charge in [-0.1, -0.05) is 19.1 Å². The topological polar surface area (TPSA) is 30.9 Å². The standard InChI is InChI=1S/C17H23NO3/c1-3-14-6-4-7-18(14)12-13-10-16-17(11-15(13)19-2)21-9-5-8-20-16/h4,6,10-11,14H,3,5,7-9,12H2,1-2H3. The summed E-state index contributed by atoms with van der Waals surface area (Å²) >= 11 is 0. The normalized spacial score (nSPS) is 21.3. The maximum Gasteiger partial charge on any atom is 0.164 e. The summed E-state index contributed by atoms with van der Waals surface area (Å²) in [5, 5.41) is 0. The lowest BCUT2D eigenvalue weighted by molar-refractivity contribution is 0.253. The zero-order chi connectivity index (χ0) is 14.7. The van der Waals surface area contributed by atoms with Crippen molar-refractivity contribution in [2.45, 2.75) is 32.4 Å². The van der Waals surface area contributed by atoms with Crippen molar-refractivity contribution in [3.8, 4) is 17.2 Å². The molecule has 2 heterocycles. The molecule has 0 amide bonds. The third-order valence-corrected chi connectivity index (χ3v) is 4.11. The fraction of sp³-hybridized carbons (Fsp3) is 0.529. The predicted octanol–water partition coefficient (Wildman–Crippen LogP) is 3.01. The Labute approximate surface area is 126 Å². The lowest BCUT2D eigenvalue weighted by Crippen LogP contribution is -2.29. The van der Waals surface area contributed by atoms with Gasteiger partial charge in [-0.25, -0.2) is 0 Å². The maximum absolute atomic E-state index is 5.79. The van der Waals surface area contributed by atoms with Crippen LogP contribution in [-0.2, 0) is 6.54 Å². The zero-order valence-corrected chi connectivity index (χ0v) is 12.8. The van der Waals surface area contributed by atoms with Crippen LogP contribution in [0.5, 0.6) is 17.2 Å². The Morgan fingerprint density at radius 1 is 1.24 bits per heavy atom. The van der Waals surface area contributed by atoms with Crippen LogP contribution in [0.2, 0.25) is 0 Å². The van der Waals surface area contributed by atoms with E-state index in [0.717, 1.165) is 48.7 Å². The number of benzene rings is 1. The largest absolute Gasteiger partial charge is 0.496 e. The molecule has 0 spiro atoms. The van der Waals surface area contributed by atoms with Gasteiger partial charge in [0, 0.05) is 37.2 Å². The van der Waals surface area contributed by atoms with Crippen molar-refractivity contribution in [2.24, 2.45) is 0 Å². The van der Waals surface area contributed by atoms with Crippen molar-refractivity contribution >= 4 is 0 Å². The molecule has 2 aliphatic rings. The third-order valence-electron chi connectivity index (χ3n) is 4.11. The Morgan fingerprint density at radius 2 is 2.00 bits per heavy atom. The molecule has 4 nitrogen and oxygen atoms in total. The van der Waals surface area contributed by atoms with E-state index in [4.69, 9.17) is 14.2 Å². The Morgan fingerprint density at radius 3 is 2.71 bits per heavy atom. The summed E-state index contributed by atoms with van der Waals surface area (Å²) in [5.74, 6) is 2.50. The summed E-state index contributed by atoms with van der Waals surface area (Å²) in [6.07, 6.45) is 6.57. The molecule has 4 heteroatoms. The number of rotatable bonds is 4. The molecule has 0 aliphatic carbocycles. The zero-order valence-electron chi connectivity index (χ0n) is 12.8. The lowest BCUT2D eigenvalue weighted by Gasteiger charge is -2.24. The second-order valence-electron chi connectivity index (χ2n) is 5.49. The smallest absolute Gasteiger partial charge is 0.164 e. The van der Waals surface area contributed by atoms with Crippen LogP contribution in [0.1, 0.15) is 25.3 Å². The van der Waals surface area contributed by atoms with E-state index in [9.17, 15) is 0 Å². The van der Waals surface area contributed by atoms with Gasteiger partial charge in [-0.15, -0.1) is 0 Å². The van der Waals surface area contributed by atoms with E-state index < -0.39 is 0 Å². The van der Waals surface area contributed by atoms with E-state index in [2.05, 4.69) is 30.0 Å². The van der Waals surface area contributed by atoms with Crippen LogP contribution in [-0.4, -0.2) is 37.8 Å². The van der Waals surface area contributed by atoms with E-state index >= 15 is 0 Å². The highest BCUT2D eigenvalue weighted by molar-refractivity contribution is 5.51. The summed E-state index contributed by atoms with van der Waals surface area (Å²) in [7, 11) is 1.71. The molecule has 114 valence electrons. The average molecular weight is 289 g/mol. The van der Waals surface area contributed by atoms with Gasteiger partial charge >= 0.3 is 0 Å². The van der Waals surface area contributed by atoms with Gasteiger partial charge in [0.2, 0.25) is 0 Å². The molecule has 2 aliphatic heterocycles. The monoisotopic (exact) mass is 289 g/mol. The molecule has 0 aromatic heterocycles. The predicted molar refractivity (Wildman–Crippen MR) is 82.2 cm³/mol. The molecule has 0 fully saturated rings.